The van der Waals surface area contributed by atoms with Crippen LogP contribution in [0.15, 0.2) is 0 Å². The van der Waals surface area contributed by atoms with Crippen LogP contribution in [0.3, 0.4) is 0 Å². The smallest absolute Gasteiger partial charge is 0.313 e. The van der Waals surface area contributed by atoms with Gasteiger partial charge < -0.3 is 14.2 Å². The van der Waals surface area contributed by atoms with Gasteiger partial charge in [-0.25, -0.2) is 0 Å². The van der Waals surface area contributed by atoms with Gasteiger partial charge in [-0.2, -0.15) is 0 Å². The summed E-state index contributed by atoms with van der Waals surface area (Å²) in [6, 6.07) is 0. The van der Waals surface area contributed by atoms with Crippen LogP contribution >= 0.6 is 0 Å². The Hall–Kier alpha value is -0.940. The first-order chi connectivity index (χ1) is 6.63. The molecule has 0 unspecified atom stereocenters. The van der Waals surface area contributed by atoms with Gasteiger partial charge in [-0.1, -0.05) is 0 Å². The Labute approximate surface area is 83.3 Å². The zero-order valence-electron chi connectivity index (χ0n) is 8.74. The normalized spacial score (nSPS) is 10.3. The molecule has 0 saturated heterocycles. The zero-order valence-corrected chi connectivity index (χ0v) is 8.74. The standard InChI is InChI=1S/C9H16O5/c1-4-14-8(11)5-7(10)6-9(12-2)13-3/h9H,4-6H2,1-3H3. The van der Waals surface area contributed by atoms with Crippen molar-refractivity contribution in [2.24, 2.45) is 0 Å². The lowest BCUT2D eigenvalue weighted by Gasteiger charge is -2.11. The van der Waals surface area contributed by atoms with Gasteiger partial charge in [-0.05, 0) is 6.92 Å². The van der Waals surface area contributed by atoms with Gasteiger partial charge in [0.25, 0.3) is 0 Å². The summed E-state index contributed by atoms with van der Waals surface area (Å²) in [5, 5.41) is 0. The Balaban J connectivity index is 3.79. The number of methoxy groups -OCH3 is 2. The van der Waals surface area contributed by atoms with Crippen LogP contribution in [0.1, 0.15) is 19.8 Å². The van der Waals surface area contributed by atoms with Gasteiger partial charge in [0, 0.05) is 14.2 Å². The predicted octanol–water partition coefficient (Wildman–Crippen LogP) is 0.518. The largest absolute Gasteiger partial charge is 0.466 e. The highest BCUT2D eigenvalue weighted by Crippen LogP contribution is 2.02. The first-order valence-corrected chi connectivity index (χ1v) is 4.36. The Morgan fingerprint density at radius 1 is 1.21 bits per heavy atom. The molecule has 0 rings (SSSR count). The molecule has 0 aliphatic carbocycles. The highest BCUT2D eigenvalue weighted by molar-refractivity contribution is 5.95. The molecule has 14 heavy (non-hydrogen) atoms. The van der Waals surface area contributed by atoms with E-state index in [0.717, 1.165) is 0 Å². The molecule has 0 aliphatic rings. The third-order valence-corrected chi connectivity index (χ3v) is 1.57. The summed E-state index contributed by atoms with van der Waals surface area (Å²) in [6.07, 6.45) is -0.750. The molecule has 5 heteroatoms. The lowest BCUT2D eigenvalue weighted by Crippen LogP contribution is -2.20. The van der Waals surface area contributed by atoms with Crippen LogP contribution in [-0.2, 0) is 23.8 Å². The molecule has 0 atom stereocenters. The molecule has 0 aromatic rings. The SMILES string of the molecule is CCOC(=O)CC(=O)CC(OC)OC. The zero-order chi connectivity index (χ0) is 11.0. The highest BCUT2D eigenvalue weighted by Gasteiger charge is 2.15. The number of hydrogen-bond acceptors (Lipinski definition) is 5. The Morgan fingerprint density at radius 2 is 1.79 bits per heavy atom. The molecule has 82 valence electrons. The summed E-state index contributed by atoms with van der Waals surface area (Å²) < 4.78 is 14.3. The number of rotatable bonds is 7. The fourth-order valence-electron chi connectivity index (χ4n) is 0.894. The highest BCUT2D eigenvalue weighted by atomic mass is 16.7. The fraction of sp³-hybridized carbons (Fsp3) is 0.778. The van der Waals surface area contributed by atoms with Crippen molar-refractivity contribution in [2.45, 2.75) is 26.1 Å². The van der Waals surface area contributed by atoms with E-state index in [9.17, 15) is 9.59 Å². The molecule has 0 spiro atoms. The summed E-state index contributed by atoms with van der Waals surface area (Å²) in [5.41, 5.74) is 0. The molecule has 5 nitrogen and oxygen atoms in total. The van der Waals surface area contributed by atoms with Crippen molar-refractivity contribution in [3.8, 4) is 0 Å². The van der Waals surface area contributed by atoms with E-state index in [0.29, 0.717) is 0 Å². The van der Waals surface area contributed by atoms with Crippen molar-refractivity contribution in [1.82, 2.24) is 0 Å². The fourth-order valence-corrected chi connectivity index (χ4v) is 0.894. The summed E-state index contributed by atoms with van der Waals surface area (Å²) >= 11 is 0. The van der Waals surface area contributed by atoms with Crippen LogP contribution in [0.4, 0.5) is 0 Å². The maximum atomic E-state index is 11.2. The van der Waals surface area contributed by atoms with Crippen molar-refractivity contribution < 1.29 is 23.8 Å². The van der Waals surface area contributed by atoms with E-state index >= 15 is 0 Å². The number of Topliss-reactive ketones (excluding diaryl/α,β-unsaturated/α-hetero) is 1. The topological polar surface area (TPSA) is 61.8 Å². The monoisotopic (exact) mass is 204 g/mol. The van der Waals surface area contributed by atoms with Crippen molar-refractivity contribution >= 4 is 11.8 Å². The molecule has 0 aliphatic heterocycles. The molecule has 0 fully saturated rings. The average molecular weight is 204 g/mol. The van der Waals surface area contributed by atoms with Crippen LogP contribution in [0.2, 0.25) is 0 Å². The van der Waals surface area contributed by atoms with E-state index < -0.39 is 12.3 Å². The van der Waals surface area contributed by atoms with E-state index in [4.69, 9.17) is 9.47 Å². The van der Waals surface area contributed by atoms with E-state index in [-0.39, 0.29) is 25.2 Å². The molecular weight excluding hydrogens is 188 g/mol. The van der Waals surface area contributed by atoms with Gasteiger partial charge in [-0.3, -0.25) is 9.59 Å². The summed E-state index contributed by atoms with van der Waals surface area (Å²) in [7, 11) is 2.87. The lowest BCUT2D eigenvalue weighted by molar-refractivity contribution is -0.149. The van der Waals surface area contributed by atoms with Gasteiger partial charge in [0.15, 0.2) is 6.29 Å². The molecule has 0 N–H and O–H groups in total. The van der Waals surface area contributed by atoms with Gasteiger partial charge in [0.1, 0.15) is 12.2 Å². The van der Waals surface area contributed by atoms with E-state index in [1.165, 1.54) is 14.2 Å². The third-order valence-electron chi connectivity index (χ3n) is 1.57. The first kappa shape index (κ1) is 13.1. The molecular formula is C9H16O5. The molecule has 0 amide bonds. The molecule has 0 aromatic carbocycles. The Bertz CT molecular complexity index is 186. The Morgan fingerprint density at radius 3 is 2.21 bits per heavy atom. The second kappa shape index (κ2) is 7.46. The Kier molecular flexibility index (Phi) is 6.96. The van der Waals surface area contributed by atoms with Gasteiger partial charge in [-0.15, -0.1) is 0 Å². The first-order valence-electron chi connectivity index (χ1n) is 4.36. The van der Waals surface area contributed by atoms with E-state index in [2.05, 4.69) is 4.74 Å². The summed E-state index contributed by atoms with van der Waals surface area (Å²) in [5.74, 6) is -0.763. The van der Waals surface area contributed by atoms with Crippen molar-refractivity contribution in [3.63, 3.8) is 0 Å². The number of ketones is 1. The van der Waals surface area contributed by atoms with Gasteiger partial charge >= 0.3 is 5.97 Å². The number of carbonyl (C=O) groups is 2. The molecule has 0 aromatic heterocycles. The van der Waals surface area contributed by atoms with Crippen LogP contribution in [0, 0.1) is 0 Å². The average Bonchev–Trinajstić information content (AvgIpc) is 2.14. The van der Waals surface area contributed by atoms with Crippen LogP contribution in [-0.4, -0.2) is 38.9 Å². The van der Waals surface area contributed by atoms with Crippen molar-refractivity contribution in [2.75, 3.05) is 20.8 Å². The second-order valence-corrected chi connectivity index (χ2v) is 2.63. The molecule has 0 bridgehead atoms. The van der Waals surface area contributed by atoms with E-state index in [1.807, 2.05) is 0 Å². The molecule has 0 radical (unpaired) electrons. The summed E-state index contributed by atoms with van der Waals surface area (Å²) in [4.78, 5) is 22.1. The number of ether oxygens (including phenoxy) is 3. The van der Waals surface area contributed by atoms with Crippen LogP contribution < -0.4 is 0 Å². The van der Waals surface area contributed by atoms with Crippen molar-refractivity contribution in [1.29, 1.82) is 0 Å². The van der Waals surface area contributed by atoms with Crippen LogP contribution in [0.5, 0.6) is 0 Å². The summed E-state index contributed by atoms with van der Waals surface area (Å²) in [6.45, 7) is 1.97. The number of hydrogen-bond donors (Lipinski definition) is 0. The minimum absolute atomic E-state index is 0.0613. The number of carbonyl (C=O) groups excluding carboxylic acids is 2. The van der Waals surface area contributed by atoms with Gasteiger partial charge in [0.05, 0.1) is 13.0 Å². The lowest BCUT2D eigenvalue weighted by atomic mass is 10.2. The van der Waals surface area contributed by atoms with Crippen LogP contribution in [0.25, 0.3) is 0 Å². The molecule has 0 saturated carbocycles. The quantitative estimate of drug-likeness (QED) is 0.343. The molecule has 0 heterocycles. The second-order valence-electron chi connectivity index (χ2n) is 2.63. The predicted molar refractivity (Wildman–Crippen MR) is 48.7 cm³/mol. The van der Waals surface area contributed by atoms with E-state index in [1.54, 1.807) is 6.92 Å². The maximum Gasteiger partial charge on any atom is 0.313 e. The van der Waals surface area contributed by atoms with Gasteiger partial charge in [0.2, 0.25) is 0 Å². The van der Waals surface area contributed by atoms with Crippen molar-refractivity contribution in [3.05, 3.63) is 0 Å². The minimum atomic E-state index is -0.586. The maximum absolute atomic E-state index is 11.2. The minimum Gasteiger partial charge on any atom is -0.466 e. The number of esters is 1. The third kappa shape index (κ3) is 5.66.